The Hall–Kier alpha value is -1.000. The molecule has 1 rings (SSSR count). The predicted octanol–water partition coefficient (Wildman–Crippen LogP) is 3.20. The molecule has 0 fully saturated rings. The van der Waals surface area contributed by atoms with E-state index in [1.165, 1.54) is 19.4 Å². The zero-order valence-electron chi connectivity index (χ0n) is 7.96. The molecule has 0 unspecified atom stereocenters. The molecular weight excluding hydrogens is 281 g/mol. The van der Waals surface area contributed by atoms with Crippen molar-refractivity contribution in [3.63, 3.8) is 0 Å². The van der Waals surface area contributed by atoms with Gasteiger partial charge in [-0.1, -0.05) is 11.6 Å². The number of carbonyl (C=O) groups excluding carboxylic acids is 1. The number of nitrogens with one attached hydrogen (secondary N) is 1. The van der Waals surface area contributed by atoms with E-state index >= 15 is 0 Å². The minimum absolute atomic E-state index is 0.416. The highest BCUT2D eigenvalue weighted by Crippen LogP contribution is 2.25. The van der Waals surface area contributed by atoms with E-state index in [1.54, 1.807) is 12.1 Å². The van der Waals surface area contributed by atoms with E-state index in [2.05, 4.69) is 26.0 Å². The van der Waals surface area contributed by atoms with E-state index in [-0.39, 0.29) is 0 Å². The molecule has 5 heteroatoms. The predicted molar refractivity (Wildman–Crippen MR) is 63.9 cm³/mol. The second kappa shape index (κ2) is 5.78. The molecule has 0 aromatic heterocycles. The summed E-state index contributed by atoms with van der Waals surface area (Å²) in [5.41, 5.74) is 0.780. The van der Waals surface area contributed by atoms with Crippen LogP contribution in [0.15, 0.2) is 34.9 Å². The highest BCUT2D eigenvalue weighted by atomic mass is 79.9. The van der Waals surface area contributed by atoms with Crippen LogP contribution in [0.1, 0.15) is 0 Å². The third kappa shape index (κ3) is 3.93. The number of methoxy groups -OCH3 is 1. The first kappa shape index (κ1) is 12.1. The summed E-state index contributed by atoms with van der Waals surface area (Å²) in [5.74, 6) is -0.416. The lowest BCUT2D eigenvalue weighted by Crippen LogP contribution is -1.96. The van der Waals surface area contributed by atoms with Gasteiger partial charge in [0.15, 0.2) is 0 Å². The minimum Gasteiger partial charge on any atom is -0.466 e. The molecule has 0 bridgehead atoms. The van der Waals surface area contributed by atoms with E-state index in [4.69, 9.17) is 11.6 Å². The molecule has 0 aliphatic heterocycles. The second-order valence-corrected chi connectivity index (χ2v) is 3.92. The summed E-state index contributed by atoms with van der Waals surface area (Å²) in [7, 11) is 1.32. The maximum Gasteiger partial charge on any atom is 0.331 e. The number of anilines is 1. The van der Waals surface area contributed by atoms with Gasteiger partial charge in [0.1, 0.15) is 0 Å². The van der Waals surface area contributed by atoms with Crippen molar-refractivity contribution in [1.82, 2.24) is 0 Å². The Bertz CT molecular complexity index is 393. The fourth-order valence-electron chi connectivity index (χ4n) is 0.876. The molecule has 3 nitrogen and oxygen atoms in total. The molecule has 0 radical (unpaired) electrons. The van der Waals surface area contributed by atoms with Crippen molar-refractivity contribution in [2.45, 2.75) is 0 Å². The summed E-state index contributed by atoms with van der Waals surface area (Å²) < 4.78 is 5.30. The second-order valence-electron chi connectivity index (χ2n) is 2.62. The maximum absolute atomic E-state index is 10.8. The zero-order valence-corrected chi connectivity index (χ0v) is 10.3. The summed E-state index contributed by atoms with van der Waals surface area (Å²) in [6, 6.07) is 5.32. The molecule has 1 N–H and O–H groups in total. The van der Waals surface area contributed by atoms with Crippen molar-refractivity contribution in [2.75, 3.05) is 12.4 Å². The van der Waals surface area contributed by atoms with Gasteiger partial charge in [-0.25, -0.2) is 4.79 Å². The largest absolute Gasteiger partial charge is 0.466 e. The van der Waals surface area contributed by atoms with Crippen LogP contribution >= 0.6 is 27.5 Å². The molecular formula is C10H9BrClNO2. The van der Waals surface area contributed by atoms with Gasteiger partial charge in [-0.3, -0.25) is 0 Å². The molecule has 1 aromatic rings. The van der Waals surface area contributed by atoms with E-state index in [1.807, 2.05) is 6.07 Å². The molecule has 80 valence electrons. The van der Waals surface area contributed by atoms with E-state index in [9.17, 15) is 4.79 Å². The average molecular weight is 291 g/mol. The topological polar surface area (TPSA) is 38.3 Å². The van der Waals surface area contributed by atoms with E-state index < -0.39 is 5.97 Å². The van der Waals surface area contributed by atoms with Crippen molar-refractivity contribution >= 4 is 39.2 Å². The first-order chi connectivity index (χ1) is 7.13. The van der Waals surface area contributed by atoms with Crippen LogP contribution in [-0.2, 0) is 9.53 Å². The fourth-order valence-corrected chi connectivity index (χ4v) is 1.41. The standard InChI is InChI=1S/C10H9BrClNO2/c1-15-10(14)4-5-13-9-6-7(12)2-3-8(9)11/h2-6,13H,1H3/b5-4+. The number of rotatable bonds is 3. The molecule has 0 atom stereocenters. The Morgan fingerprint density at radius 1 is 1.60 bits per heavy atom. The summed E-state index contributed by atoms with van der Waals surface area (Å²) in [5, 5.41) is 3.52. The number of halogens is 2. The third-order valence-corrected chi connectivity index (χ3v) is 2.51. The monoisotopic (exact) mass is 289 g/mol. The quantitative estimate of drug-likeness (QED) is 0.686. The van der Waals surface area contributed by atoms with Crippen LogP contribution in [0.5, 0.6) is 0 Å². The van der Waals surface area contributed by atoms with Crippen LogP contribution in [0.4, 0.5) is 5.69 Å². The number of hydrogen-bond acceptors (Lipinski definition) is 3. The first-order valence-corrected chi connectivity index (χ1v) is 5.26. The highest BCUT2D eigenvalue weighted by molar-refractivity contribution is 9.10. The number of ether oxygens (including phenoxy) is 1. The molecule has 1 aromatic carbocycles. The third-order valence-electron chi connectivity index (χ3n) is 1.59. The van der Waals surface area contributed by atoms with Crippen molar-refractivity contribution in [1.29, 1.82) is 0 Å². The van der Waals surface area contributed by atoms with Crippen LogP contribution in [0.3, 0.4) is 0 Å². The number of carbonyl (C=O) groups is 1. The number of benzene rings is 1. The van der Waals surface area contributed by atoms with Gasteiger partial charge in [0.2, 0.25) is 0 Å². The number of hydrogen-bond donors (Lipinski definition) is 1. The van der Waals surface area contributed by atoms with Gasteiger partial charge >= 0.3 is 5.97 Å². The molecule has 0 saturated heterocycles. The van der Waals surface area contributed by atoms with Crippen molar-refractivity contribution in [3.8, 4) is 0 Å². The van der Waals surface area contributed by atoms with Gasteiger partial charge in [-0.2, -0.15) is 0 Å². The Balaban J connectivity index is 2.68. The fraction of sp³-hybridized carbons (Fsp3) is 0.100. The summed E-state index contributed by atoms with van der Waals surface area (Å²) in [4.78, 5) is 10.8. The van der Waals surface area contributed by atoms with Crippen molar-refractivity contribution in [2.24, 2.45) is 0 Å². The minimum atomic E-state index is -0.416. The first-order valence-electron chi connectivity index (χ1n) is 4.09. The van der Waals surface area contributed by atoms with Crippen molar-refractivity contribution < 1.29 is 9.53 Å². The van der Waals surface area contributed by atoms with Crippen LogP contribution < -0.4 is 5.32 Å². The molecule has 0 aliphatic carbocycles. The molecule has 0 aliphatic rings. The van der Waals surface area contributed by atoms with Crippen LogP contribution in [0.25, 0.3) is 0 Å². The molecule has 15 heavy (non-hydrogen) atoms. The van der Waals surface area contributed by atoms with Gasteiger partial charge < -0.3 is 10.1 Å². The molecule has 0 saturated carbocycles. The lowest BCUT2D eigenvalue weighted by molar-refractivity contribution is -0.134. The molecule has 0 spiro atoms. The van der Waals surface area contributed by atoms with Gasteiger partial charge in [0, 0.05) is 21.8 Å². The van der Waals surface area contributed by atoms with Crippen molar-refractivity contribution in [3.05, 3.63) is 40.0 Å². The zero-order chi connectivity index (χ0) is 11.3. The normalized spacial score (nSPS) is 10.3. The van der Waals surface area contributed by atoms with Gasteiger partial charge in [0.05, 0.1) is 12.8 Å². The summed E-state index contributed by atoms with van der Waals surface area (Å²) >= 11 is 9.15. The Labute approximate surface area is 101 Å². The van der Waals surface area contributed by atoms with Gasteiger partial charge in [-0.05, 0) is 34.1 Å². The molecule has 0 heterocycles. The Kier molecular flexibility index (Phi) is 4.65. The van der Waals surface area contributed by atoms with E-state index in [0.717, 1.165) is 10.2 Å². The van der Waals surface area contributed by atoms with Gasteiger partial charge in [-0.15, -0.1) is 0 Å². The summed E-state index contributed by atoms with van der Waals surface area (Å²) in [6.45, 7) is 0. The Morgan fingerprint density at radius 2 is 2.33 bits per heavy atom. The summed E-state index contributed by atoms with van der Waals surface area (Å²) in [6.07, 6.45) is 2.77. The van der Waals surface area contributed by atoms with Crippen LogP contribution in [0, 0.1) is 0 Å². The lowest BCUT2D eigenvalue weighted by atomic mass is 10.3. The van der Waals surface area contributed by atoms with E-state index in [0.29, 0.717) is 5.02 Å². The van der Waals surface area contributed by atoms with Gasteiger partial charge in [0.25, 0.3) is 0 Å². The number of esters is 1. The smallest absolute Gasteiger partial charge is 0.331 e. The molecule has 0 amide bonds. The lowest BCUT2D eigenvalue weighted by Gasteiger charge is -2.03. The SMILES string of the molecule is COC(=O)/C=C/Nc1cc(Cl)ccc1Br. The Morgan fingerprint density at radius 3 is 3.00 bits per heavy atom. The highest BCUT2D eigenvalue weighted by Gasteiger charge is 1.98. The maximum atomic E-state index is 10.8. The van der Waals surface area contributed by atoms with Crippen LogP contribution in [0.2, 0.25) is 5.02 Å². The van der Waals surface area contributed by atoms with Crippen LogP contribution in [-0.4, -0.2) is 13.1 Å². The average Bonchev–Trinajstić information content (AvgIpc) is 2.23.